The number of likely N-dealkylation sites (N-methyl/N-ethyl adjacent to an activating group) is 1. The van der Waals surface area contributed by atoms with E-state index in [4.69, 9.17) is 4.74 Å². The molecule has 0 radical (unpaired) electrons. The molecule has 0 aliphatic carbocycles. The summed E-state index contributed by atoms with van der Waals surface area (Å²) >= 11 is 0. The summed E-state index contributed by atoms with van der Waals surface area (Å²) in [6.45, 7) is 2.09. The molecule has 1 N–H and O–H groups in total. The van der Waals surface area contributed by atoms with E-state index in [1.807, 2.05) is 24.2 Å². The van der Waals surface area contributed by atoms with Crippen molar-refractivity contribution in [1.82, 2.24) is 19.8 Å². The van der Waals surface area contributed by atoms with Gasteiger partial charge in [-0.1, -0.05) is 30.3 Å². The van der Waals surface area contributed by atoms with Crippen LogP contribution in [0.2, 0.25) is 0 Å². The Morgan fingerprint density at radius 2 is 2.16 bits per heavy atom. The molecule has 1 amide bonds. The molecule has 3 rings (SSSR count). The Bertz CT molecular complexity index is 686. The van der Waals surface area contributed by atoms with Gasteiger partial charge in [0.05, 0.1) is 18.7 Å². The maximum Gasteiger partial charge on any atom is 0.237 e. The molecule has 1 aromatic carbocycles. The summed E-state index contributed by atoms with van der Waals surface area (Å²) in [6, 6.07) is 10.3. The summed E-state index contributed by atoms with van der Waals surface area (Å²) in [6.07, 6.45) is 5.57. The largest absolute Gasteiger partial charge is 0.380 e. The lowest BCUT2D eigenvalue weighted by Crippen LogP contribution is -2.41. The highest BCUT2D eigenvalue weighted by molar-refractivity contribution is 5.82. The van der Waals surface area contributed by atoms with E-state index < -0.39 is 0 Å². The standard InChI is InChI=1S/C19H26N4O2/c1-22-14-16(25-2)12-17(22)19(24)21-13-18-20-9-11-23(18)10-8-15-6-4-3-5-7-15/h3-7,9,11,16-17H,8,10,12-14H2,1-2H3,(H,21,24)/t16-,17-/m0/s1. The van der Waals surface area contributed by atoms with Gasteiger partial charge in [-0.05, 0) is 25.5 Å². The van der Waals surface area contributed by atoms with Crippen LogP contribution in [-0.4, -0.2) is 53.2 Å². The average Bonchev–Trinajstić information content (AvgIpc) is 3.24. The predicted octanol–water partition coefficient (Wildman–Crippen LogP) is 1.46. The number of imidazole rings is 1. The van der Waals surface area contributed by atoms with Crippen LogP contribution in [0, 0.1) is 0 Å². The number of amides is 1. The second-order valence-corrected chi connectivity index (χ2v) is 6.54. The zero-order chi connectivity index (χ0) is 17.6. The Balaban J connectivity index is 1.52. The van der Waals surface area contributed by atoms with Crippen LogP contribution < -0.4 is 5.32 Å². The first-order valence-corrected chi connectivity index (χ1v) is 8.72. The molecule has 1 aromatic heterocycles. The fourth-order valence-electron chi connectivity index (χ4n) is 3.32. The summed E-state index contributed by atoms with van der Waals surface area (Å²) in [5.74, 6) is 0.924. The highest BCUT2D eigenvalue weighted by Gasteiger charge is 2.34. The lowest BCUT2D eigenvalue weighted by molar-refractivity contribution is -0.125. The molecule has 6 nitrogen and oxygen atoms in total. The van der Waals surface area contributed by atoms with Crippen LogP contribution in [0.15, 0.2) is 42.7 Å². The number of methoxy groups -OCH3 is 1. The molecule has 1 aliphatic heterocycles. The van der Waals surface area contributed by atoms with Crippen LogP contribution in [0.4, 0.5) is 0 Å². The number of hydrogen-bond acceptors (Lipinski definition) is 4. The van der Waals surface area contributed by atoms with Crippen LogP contribution >= 0.6 is 0 Å². The monoisotopic (exact) mass is 342 g/mol. The summed E-state index contributed by atoms with van der Waals surface area (Å²) in [5, 5.41) is 3.02. The first kappa shape index (κ1) is 17.6. The van der Waals surface area contributed by atoms with Crippen LogP contribution in [0.1, 0.15) is 17.8 Å². The minimum Gasteiger partial charge on any atom is -0.380 e. The molecule has 2 atom stereocenters. The van der Waals surface area contributed by atoms with Crippen molar-refractivity contribution in [2.24, 2.45) is 0 Å². The molecule has 0 unspecified atom stereocenters. The van der Waals surface area contributed by atoms with Crippen molar-refractivity contribution < 1.29 is 9.53 Å². The number of rotatable bonds is 7. The topological polar surface area (TPSA) is 59.4 Å². The van der Waals surface area contributed by atoms with E-state index in [0.717, 1.165) is 31.8 Å². The normalized spacial score (nSPS) is 20.7. The summed E-state index contributed by atoms with van der Waals surface area (Å²) in [5.41, 5.74) is 1.30. The number of aromatic nitrogens is 2. The maximum atomic E-state index is 12.5. The number of hydrogen-bond donors (Lipinski definition) is 1. The first-order chi connectivity index (χ1) is 12.2. The van der Waals surface area contributed by atoms with Gasteiger partial charge in [-0.15, -0.1) is 0 Å². The van der Waals surface area contributed by atoms with Crippen LogP contribution in [0.5, 0.6) is 0 Å². The zero-order valence-corrected chi connectivity index (χ0v) is 14.9. The Morgan fingerprint density at radius 1 is 1.36 bits per heavy atom. The number of benzene rings is 1. The summed E-state index contributed by atoms with van der Waals surface area (Å²) in [7, 11) is 3.66. The third kappa shape index (κ3) is 4.46. The molecule has 2 aromatic rings. The summed E-state index contributed by atoms with van der Waals surface area (Å²) in [4.78, 5) is 18.9. The highest BCUT2D eigenvalue weighted by Crippen LogP contribution is 2.18. The Morgan fingerprint density at radius 3 is 2.88 bits per heavy atom. The minimum absolute atomic E-state index is 0.0414. The molecule has 0 saturated carbocycles. The molecular formula is C19H26N4O2. The van der Waals surface area contributed by atoms with Gasteiger partial charge in [0, 0.05) is 32.6 Å². The van der Waals surface area contributed by atoms with E-state index in [2.05, 4.69) is 39.1 Å². The van der Waals surface area contributed by atoms with Crippen molar-refractivity contribution in [1.29, 1.82) is 0 Å². The second-order valence-electron chi connectivity index (χ2n) is 6.54. The SMILES string of the molecule is CO[C@H]1C[C@@H](C(=O)NCc2nccn2CCc2ccccc2)N(C)C1. The Hall–Kier alpha value is -2.18. The van der Waals surface area contributed by atoms with E-state index in [-0.39, 0.29) is 18.1 Å². The predicted molar refractivity (Wildman–Crippen MR) is 96.1 cm³/mol. The second kappa shape index (κ2) is 8.27. The average molecular weight is 342 g/mol. The van der Waals surface area contributed by atoms with Gasteiger partial charge in [0.15, 0.2) is 0 Å². The third-order valence-corrected chi connectivity index (χ3v) is 4.85. The molecule has 1 fully saturated rings. The van der Waals surface area contributed by atoms with E-state index in [0.29, 0.717) is 6.54 Å². The number of carbonyl (C=O) groups is 1. The maximum absolute atomic E-state index is 12.5. The van der Waals surface area contributed by atoms with Gasteiger partial charge in [-0.25, -0.2) is 4.98 Å². The van der Waals surface area contributed by atoms with E-state index in [1.165, 1.54) is 5.56 Å². The van der Waals surface area contributed by atoms with Crippen molar-refractivity contribution in [3.05, 3.63) is 54.1 Å². The molecule has 1 aliphatic rings. The van der Waals surface area contributed by atoms with Crippen LogP contribution in [-0.2, 0) is 29.0 Å². The molecule has 134 valence electrons. The van der Waals surface area contributed by atoms with Crippen molar-refractivity contribution >= 4 is 5.91 Å². The van der Waals surface area contributed by atoms with Gasteiger partial charge in [0.2, 0.25) is 5.91 Å². The molecule has 25 heavy (non-hydrogen) atoms. The number of aryl methyl sites for hydroxylation is 2. The van der Waals surface area contributed by atoms with Crippen LogP contribution in [0.25, 0.3) is 0 Å². The molecule has 0 spiro atoms. The number of carbonyl (C=O) groups excluding carboxylic acids is 1. The lowest BCUT2D eigenvalue weighted by Gasteiger charge is -2.18. The molecule has 2 heterocycles. The molecular weight excluding hydrogens is 316 g/mol. The van der Waals surface area contributed by atoms with Crippen LogP contribution in [0.3, 0.4) is 0 Å². The van der Waals surface area contributed by atoms with Gasteiger partial charge in [0.25, 0.3) is 0 Å². The molecule has 1 saturated heterocycles. The highest BCUT2D eigenvalue weighted by atomic mass is 16.5. The lowest BCUT2D eigenvalue weighted by atomic mass is 10.1. The Labute approximate surface area is 148 Å². The fourth-order valence-corrected chi connectivity index (χ4v) is 3.32. The van der Waals surface area contributed by atoms with E-state index in [1.54, 1.807) is 13.3 Å². The quantitative estimate of drug-likeness (QED) is 0.828. The van der Waals surface area contributed by atoms with Crippen molar-refractivity contribution in [3.8, 4) is 0 Å². The fraction of sp³-hybridized carbons (Fsp3) is 0.474. The van der Waals surface area contributed by atoms with E-state index in [9.17, 15) is 4.79 Å². The van der Waals surface area contributed by atoms with Gasteiger partial charge >= 0.3 is 0 Å². The van der Waals surface area contributed by atoms with Crippen molar-refractivity contribution in [3.63, 3.8) is 0 Å². The summed E-state index contributed by atoms with van der Waals surface area (Å²) < 4.78 is 7.47. The molecule has 0 bridgehead atoms. The smallest absolute Gasteiger partial charge is 0.237 e. The van der Waals surface area contributed by atoms with Crippen molar-refractivity contribution in [2.45, 2.75) is 38.1 Å². The van der Waals surface area contributed by atoms with E-state index >= 15 is 0 Å². The Kier molecular flexibility index (Phi) is 5.83. The zero-order valence-electron chi connectivity index (χ0n) is 14.9. The third-order valence-electron chi connectivity index (χ3n) is 4.85. The minimum atomic E-state index is -0.127. The van der Waals surface area contributed by atoms with Crippen molar-refractivity contribution in [2.75, 3.05) is 20.7 Å². The number of ether oxygens (including phenoxy) is 1. The number of likely N-dealkylation sites (tertiary alicyclic amines) is 1. The van der Waals surface area contributed by atoms with Gasteiger partial charge in [0.1, 0.15) is 5.82 Å². The van der Waals surface area contributed by atoms with Gasteiger partial charge < -0.3 is 14.6 Å². The number of nitrogens with one attached hydrogen (secondary N) is 1. The van der Waals surface area contributed by atoms with Gasteiger partial charge in [-0.3, -0.25) is 9.69 Å². The first-order valence-electron chi connectivity index (χ1n) is 8.72. The van der Waals surface area contributed by atoms with Gasteiger partial charge in [-0.2, -0.15) is 0 Å². The number of nitrogens with zero attached hydrogens (tertiary/aromatic N) is 3. The molecule has 6 heteroatoms.